The fourth-order valence-corrected chi connectivity index (χ4v) is 6.27. The lowest BCUT2D eigenvalue weighted by Crippen LogP contribution is -2.39. The number of nitrogens with zero attached hydrogens (tertiary/aromatic N) is 4. The number of fused-ring (bicyclic) bond motifs is 2. The van der Waals surface area contributed by atoms with E-state index in [1.54, 1.807) is 4.90 Å². The number of halogens is 4. The molecule has 4 heterocycles. The molecule has 0 saturated carbocycles. The highest BCUT2D eigenvalue weighted by Crippen LogP contribution is 2.34. The molecule has 7 rings (SSSR count). The largest absolute Gasteiger partial charge is 0.426 e. The Hall–Kier alpha value is -5.10. The fourth-order valence-electron chi connectivity index (χ4n) is 6.27. The Kier molecular flexibility index (Phi) is 7.75. The molecular formula is C35H29F4N5O3. The Labute approximate surface area is 267 Å². The van der Waals surface area contributed by atoms with Gasteiger partial charge in [-0.05, 0) is 67.8 Å². The van der Waals surface area contributed by atoms with Gasteiger partial charge in [0.1, 0.15) is 17.3 Å². The van der Waals surface area contributed by atoms with Crippen LogP contribution < -0.4 is 10.1 Å². The molecule has 0 radical (unpaired) electrons. The number of ether oxygens (including phenoxy) is 1. The maximum atomic E-state index is 15.4. The molecule has 1 N–H and O–H groups in total. The summed E-state index contributed by atoms with van der Waals surface area (Å²) in [6.07, 6.45) is -3.22. The summed E-state index contributed by atoms with van der Waals surface area (Å²) in [5.74, 6) is -1.73. The molecular weight excluding hydrogens is 614 g/mol. The molecule has 1 unspecified atom stereocenters. The zero-order valence-electron chi connectivity index (χ0n) is 25.2. The predicted octanol–water partition coefficient (Wildman–Crippen LogP) is 6.50. The van der Waals surface area contributed by atoms with Crippen molar-refractivity contribution < 1.29 is 31.9 Å². The van der Waals surface area contributed by atoms with E-state index in [0.717, 1.165) is 29.3 Å². The summed E-state index contributed by atoms with van der Waals surface area (Å²) in [4.78, 5) is 32.7. The summed E-state index contributed by atoms with van der Waals surface area (Å²) in [5, 5.41) is 7.64. The lowest BCUT2D eigenvalue weighted by atomic mass is 9.93. The molecule has 47 heavy (non-hydrogen) atoms. The minimum atomic E-state index is -4.53. The van der Waals surface area contributed by atoms with Gasteiger partial charge in [-0.15, -0.1) is 0 Å². The highest BCUT2D eigenvalue weighted by molar-refractivity contribution is 5.94. The zero-order chi connectivity index (χ0) is 32.9. The van der Waals surface area contributed by atoms with Crippen molar-refractivity contribution in [2.75, 3.05) is 19.6 Å². The summed E-state index contributed by atoms with van der Waals surface area (Å²) in [6, 6.07) is 19.2. The lowest BCUT2D eigenvalue weighted by Gasteiger charge is -2.35. The van der Waals surface area contributed by atoms with Crippen molar-refractivity contribution in [3.8, 4) is 28.3 Å². The zero-order valence-corrected chi connectivity index (χ0v) is 25.2. The second-order valence-corrected chi connectivity index (χ2v) is 11.8. The number of carbonyl (C=O) groups is 2. The van der Waals surface area contributed by atoms with E-state index in [-0.39, 0.29) is 46.2 Å². The quantitative estimate of drug-likeness (QED) is 0.134. The third-order valence-electron chi connectivity index (χ3n) is 8.84. The van der Waals surface area contributed by atoms with E-state index in [0.29, 0.717) is 43.7 Å². The van der Waals surface area contributed by atoms with Crippen molar-refractivity contribution in [1.82, 2.24) is 24.8 Å². The Morgan fingerprint density at radius 1 is 1.00 bits per heavy atom. The van der Waals surface area contributed by atoms with Gasteiger partial charge in [-0.3, -0.25) is 9.59 Å². The standard InChI is InChI=1S/C35H29F4N5O3/c1-20-26-5-3-2-4-21(26)13-15-43(20)33(45)30-17-31(22-6-8-24(9-7-22)35(37,38)39)44-32(41-30)18-29(42-44)27-11-10-25(16-28(27)36)47-34(46)23-12-14-40-19-23/h2-11,16-18,20,23,40H,12-15,19H2,1H3/t20-,23?/m1/s1. The van der Waals surface area contributed by atoms with Crippen molar-refractivity contribution in [1.29, 1.82) is 0 Å². The van der Waals surface area contributed by atoms with Gasteiger partial charge in [-0.1, -0.05) is 36.4 Å². The van der Waals surface area contributed by atoms with Crippen LogP contribution in [0.1, 0.15) is 46.6 Å². The molecule has 3 aromatic carbocycles. The van der Waals surface area contributed by atoms with Crippen molar-refractivity contribution in [2.45, 2.75) is 32.0 Å². The predicted molar refractivity (Wildman–Crippen MR) is 165 cm³/mol. The second kappa shape index (κ2) is 11.9. The molecule has 1 fully saturated rings. The van der Waals surface area contributed by atoms with Gasteiger partial charge in [-0.25, -0.2) is 13.9 Å². The van der Waals surface area contributed by atoms with E-state index >= 15 is 4.39 Å². The van der Waals surface area contributed by atoms with Crippen molar-refractivity contribution in [3.63, 3.8) is 0 Å². The fraction of sp³-hybridized carbons (Fsp3) is 0.257. The molecule has 1 saturated heterocycles. The highest BCUT2D eigenvalue weighted by Gasteiger charge is 2.32. The van der Waals surface area contributed by atoms with Gasteiger partial charge in [0.25, 0.3) is 5.91 Å². The molecule has 2 aliphatic heterocycles. The first-order chi connectivity index (χ1) is 22.6. The van der Waals surface area contributed by atoms with E-state index < -0.39 is 23.5 Å². The van der Waals surface area contributed by atoms with Gasteiger partial charge in [-0.2, -0.15) is 18.3 Å². The maximum absolute atomic E-state index is 15.4. The maximum Gasteiger partial charge on any atom is 0.416 e. The van der Waals surface area contributed by atoms with E-state index in [9.17, 15) is 22.8 Å². The second-order valence-electron chi connectivity index (χ2n) is 11.8. The van der Waals surface area contributed by atoms with Gasteiger partial charge >= 0.3 is 12.1 Å². The first kappa shape index (κ1) is 30.5. The number of carbonyl (C=O) groups excluding carboxylic acids is 2. The lowest BCUT2D eigenvalue weighted by molar-refractivity contribution is -0.138. The van der Waals surface area contributed by atoms with Crippen molar-refractivity contribution in [3.05, 3.63) is 107 Å². The monoisotopic (exact) mass is 643 g/mol. The van der Waals surface area contributed by atoms with E-state index in [1.165, 1.54) is 40.9 Å². The molecule has 0 spiro atoms. The number of hydrogen-bond acceptors (Lipinski definition) is 6. The number of alkyl halides is 3. The summed E-state index contributed by atoms with van der Waals surface area (Å²) in [7, 11) is 0. The third-order valence-corrected chi connectivity index (χ3v) is 8.84. The van der Waals surface area contributed by atoms with E-state index in [1.807, 2.05) is 31.2 Å². The number of nitrogens with one attached hydrogen (secondary N) is 1. The first-order valence-electron chi connectivity index (χ1n) is 15.3. The van der Waals surface area contributed by atoms with Crippen LogP contribution in [0.2, 0.25) is 0 Å². The number of amides is 1. The van der Waals surface area contributed by atoms with E-state index in [2.05, 4.69) is 15.4 Å². The minimum Gasteiger partial charge on any atom is -0.426 e. The van der Waals surface area contributed by atoms with Gasteiger partial charge < -0.3 is 15.0 Å². The van der Waals surface area contributed by atoms with E-state index in [4.69, 9.17) is 4.74 Å². The summed E-state index contributed by atoms with van der Waals surface area (Å²) >= 11 is 0. The van der Waals surface area contributed by atoms with Gasteiger partial charge in [0, 0.05) is 36.3 Å². The Morgan fingerprint density at radius 3 is 2.51 bits per heavy atom. The third kappa shape index (κ3) is 5.85. The molecule has 12 heteroatoms. The van der Waals surface area contributed by atoms with Crippen LogP contribution in [0.25, 0.3) is 28.2 Å². The van der Waals surface area contributed by atoms with Crippen LogP contribution in [0, 0.1) is 11.7 Å². The molecule has 2 aromatic heterocycles. The molecule has 2 aliphatic rings. The average Bonchev–Trinajstić information content (AvgIpc) is 3.75. The molecule has 240 valence electrons. The Bertz CT molecular complexity index is 2000. The smallest absolute Gasteiger partial charge is 0.416 e. The molecule has 8 nitrogen and oxygen atoms in total. The van der Waals surface area contributed by atoms with Gasteiger partial charge in [0.15, 0.2) is 5.65 Å². The topological polar surface area (TPSA) is 88.8 Å². The molecule has 5 aromatic rings. The Balaban J connectivity index is 1.27. The first-order valence-corrected chi connectivity index (χ1v) is 15.3. The van der Waals surface area contributed by atoms with Gasteiger partial charge in [0.05, 0.1) is 28.9 Å². The molecule has 0 bridgehead atoms. The van der Waals surface area contributed by atoms with Crippen LogP contribution in [0.5, 0.6) is 5.75 Å². The highest BCUT2D eigenvalue weighted by atomic mass is 19.4. The van der Waals surface area contributed by atoms with Crippen LogP contribution in [0.3, 0.4) is 0 Å². The number of aromatic nitrogens is 3. The minimum absolute atomic E-state index is 0.0561. The number of rotatable bonds is 5. The molecule has 1 amide bonds. The van der Waals surface area contributed by atoms with Crippen LogP contribution >= 0.6 is 0 Å². The number of esters is 1. The number of benzene rings is 3. The van der Waals surface area contributed by atoms with Crippen LogP contribution in [0.15, 0.2) is 78.9 Å². The Morgan fingerprint density at radius 2 is 1.79 bits per heavy atom. The SMILES string of the molecule is C[C@@H]1c2ccccc2CCN1C(=O)c1cc(-c2ccc(C(F)(F)F)cc2)n2nc(-c3ccc(OC(=O)C4CCNC4)cc3F)cc2n1. The van der Waals surface area contributed by atoms with Crippen LogP contribution in [-0.2, 0) is 17.4 Å². The van der Waals surface area contributed by atoms with Crippen LogP contribution in [0.4, 0.5) is 17.6 Å². The van der Waals surface area contributed by atoms with Gasteiger partial charge in [0.2, 0.25) is 0 Å². The van der Waals surface area contributed by atoms with Crippen molar-refractivity contribution in [2.24, 2.45) is 5.92 Å². The molecule has 2 atom stereocenters. The summed E-state index contributed by atoms with van der Waals surface area (Å²) in [5.41, 5.74) is 2.58. The van der Waals surface area contributed by atoms with Crippen molar-refractivity contribution >= 4 is 17.5 Å². The summed E-state index contributed by atoms with van der Waals surface area (Å²) < 4.78 is 62.3. The average molecular weight is 644 g/mol. The molecule has 0 aliphatic carbocycles. The number of hydrogen-bond donors (Lipinski definition) is 1. The normalized spacial score (nSPS) is 17.9. The summed E-state index contributed by atoms with van der Waals surface area (Å²) in [6.45, 7) is 3.62. The van der Waals surface area contributed by atoms with Crippen LogP contribution in [-0.4, -0.2) is 51.0 Å².